The Morgan fingerprint density at radius 1 is 1.23 bits per heavy atom. The second-order valence-corrected chi connectivity index (χ2v) is 4.85. The fourth-order valence-electron chi connectivity index (χ4n) is 2.04. The lowest BCUT2D eigenvalue weighted by Gasteiger charge is -2.22. The average Bonchev–Trinajstić information content (AvgIpc) is 2.55. The summed E-state index contributed by atoms with van der Waals surface area (Å²) in [5.41, 5.74) is 6.00. The first kappa shape index (κ1) is 15.9. The van der Waals surface area contributed by atoms with E-state index in [0.29, 0.717) is 5.56 Å². The number of nitrogens with one attached hydrogen (secondary N) is 1. The molecule has 6 heteroatoms. The number of hydrogen-bond acceptors (Lipinski definition) is 4. The van der Waals surface area contributed by atoms with E-state index in [-0.39, 0.29) is 11.3 Å². The third-order valence-corrected chi connectivity index (χ3v) is 3.29. The van der Waals surface area contributed by atoms with Crippen molar-refractivity contribution in [3.63, 3.8) is 0 Å². The van der Waals surface area contributed by atoms with Crippen molar-refractivity contribution in [2.24, 2.45) is 0 Å². The number of benzene rings is 2. The number of anilines is 1. The molecule has 2 rings (SSSR count). The van der Waals surface area contributed by atoms with E-state index in [1.54, 1.807) is 30.3 Å². The molecule has 2 aromatic rings. The molecule has 2 atom stereocenters. The minimum Gasteiger partial charge on any atom is -0.396 e. The molecule has 0 aromatic heterocycles. The number of nitrogens with two attached hydrogens (primary N) is 1. The van der Waals surface area contributed by atoms with Gasteiger partial charge in [-0.15, -0.1) is 0 Å². The van der Waals surface area contributed by atoms with Crippen LogP contribution in [0.1, 0.15) is 22.0 Å². The summed E-state index contributed by atoms with van der Waals surface area (Å²) in [6.45, 7) is -0.446. The normalized spacial score (nSPS) is 13.4. The van der Waals surface area contributed by atoms with Crippen molar-refractivity contribution in [1.82, 2.24) is 5.32 Å². The summed E-state index contributed by atoms with van der Waals surface area (Å²) in [5, 5.41) is 22.1. The molecule has 0 unspecified atom stereocenters. The topological polar surface area (TPSA) is 95.6 Å². The smallest absolute Gasteiger partial charge is 0.251 e. The Morgan fingerprint density at radius 2 is 1.91 bits per heavy atom. The van der Waals surface area contributed by atoms with Gasteiger partial charge in [-0.25, -0.2) is 4.39 Å². The number of aliphatic hydroxyl groups excluding tert-OH is 2. The number of carbonyl (C=O) groups excluding carboxylic acids is 1. The van der Waals surface area contributed by atoms with Gasteiger partial charge in [-0.2, -0.15) is 0 Å². The van der Waals surface area contributed by atoms with Crippen molar-refractivity contribution >= 4 is 11.6 Å². The van der Waals surface area contributed by atoms with Gasteiger partial charge in [0.25, 0.3) is 5.91 Å². The van der Waals surface area contributed by atoms with E-state index >= 15 is 0 Å². The van der Waals surface area contributed by atoms with E-state index < -0.39 is 30.5 Å². The molecule has 0 spiro atoms. The summed E-state index contributed by atoms with van der Waals surface area (Å²) in [4.78, 5) is 12.1. The van der Waals surface area contributed by atoms with Gasteiger partial charge in [-0.3, -0.25) is 4.79 Å². The largest absolute Gasteiger partial charge is 0.396 e. The number of nitrogen functional groups attached to an aromatic ring is 1. The van der Waals surface area contributed by atoms with Gasteiger partial charge >= 0.3 is 0 Å². The Kier molecular flexibility index (Phi) is 5.08. The molecule has 0 aliphatic carbocycles. The number of carbonyl (C=O) groups is 1. The Bertz CT molecular complexity index is 649. The van der Waals surface area contributed by atoms with Gasteiger partial charge in [-0.1, -0.05) is 30.3 Å². The van der Waals surface area contributed by atoms with Crippen LogP contribution < -0.4 is 11.1 Å². The van der Waals surface area contributed by atoms with Gasteiger partial charge in [0, 0.05) is 5.56 Å². The quantitative estimate of drug-likeness (QED) is 0.625. The molecule has 5 N–H and O–H groups in total. The summed E-state index contributed by atoms with van der Waals surface area (Å²) in [6, 6.07) is 11.4. The zero-order valence-electron chi connectivity index (χ0n) is 11.7. The second-order valence-electron chi connectivity index (χ2n) is 4.85. The molecule has 0 aliphatic rings. The Hall–Kier alpha value is -2.44. The lowest BCUT2D eigenvalue weighted by atomic mass is 10.0. The summed E-state index contributed by atoms with van der Waals surface area (Å²) in [7, 11) is 0. The van der Waals surface area contributed by atoms with Gasteiger partial charge in [0.15, 0.2) is 0 Å². The van der Waals surface area contributed by atoms with Crippen LogP contribution in [-0.2, 0) is 0 Å². The zero-order valence-corrected chi connectivity index (χ0v) is 11.7. The van der Waals surface area contributed by atoms with E-state index in [9.17, 15) is 19.4 Å². The van der Waals surface area contributed by atoms with Crippen LogP contribution in [0, 0.1) is 5.82 Å². The van der Waals surface area contributed by atoms with Crippen LogP contribution in [0.5, 0.6) is 0 Å². The third kappa shape index (κ3) is 3.60. The predicted octanol–water partition coefficient (Wildman–Crippen LogP) is 1.23. The lowest BCUT2D eigenvalue weighted by molar-refractivity contribution is 0.0703. The van der Waals surface area contributed by atoms with Crippen LogP contribution in [0.3, 0.4) is 0 Å². The highest BCUT2D eigenvalue weighted by Crippen LogP contribution is 2.17. The number of halogens is 1. The maximum atomic E-state index is 13.1. The molecule has 0 bridgehead atoms. The maximum absolute atomic E-state index is 13.1. The van der Waals surface area contributed by atoms with Crippen LogP contribution in [-0.4, -0.2) is 28.8 Å². The van der Waals surface area contributed by atoms with Crippen LogP contribution in [0.4, 0.5) is 10.1 Å². The third-order valence-electron chi connectivity index (χ3n) is 3.29. The number of rotatable bonds is 5. The molecule has 0 aliphatic heterocycles. The van der Waals surface area contributed by atoms with Crippen LogP contribution in [0.15, 0.2) is 48.5 Å². The SMILES string of the molecule is Nc1cc(C(=O)N[C@H](CO)[C@H](O)c2ccccc2)ccc1F. The molecule has 0 fully saturated rings. The highest BCUT2D eigenvalue weighted by Gasteiger charge is 2.22. The molecule has 22 heavy (non-hydrogen) atoms. The molecule has 0 saturated heterocycles. The van der Waals surface area contributed by atoms with Crippen molar-refractivity contribution < 1.29 is 19.4 Å². The van der Waals surface area contributed by atoms with Crippen molar-refractivity contribution in [2.45, 2.75) is 12.1 Å². The molecular weight excluding hydrogens is 287 g/mol. The Balaban J connectivity index is 2.12. The molecule has 2 aromatic carbocycles. The molecule has 5 nitrogen and oxygen atoms in total. The molecule has 0 saturated carbocycles. The van der Waals surface area contributed by atoms with Crippen molar-refractivity contribution in [3.8, 4) is 0 Å². The second kappa shape index (κ2) is 7.02. The summed E-state index contributed by atoms with van der Waals surface area (Å²) in [6.07, 6.45) is -1.06. The fraction of sp³-hybridized carbons (Fsp3) is 0.188. The predicted molar refractivity (Wildman–Crippen MR) is 80.6 cm³/mol. The first-order chi connectivity index (χ1) is 10.5. The van der Waals surface area contributed by atoms with Crippen LogP contribution >= 0.6 is 0 Å². The van der Waals surface area contributed by atoms with E-state index in [2.05, 4.69) is 5.32 Å². The summed E-state index contributed by atoms with van der Waals surface area (Å²) < 4.78 is 13.1. The molecule has 1 amide bonds. The van der Waals surface area contributed by atoms with Gasteiger partial charge in [0.2, 0.25) is 0 Å². The van der Waals surface area contributed by atoms with Crippen molar-refractivity contribution in [3.05, 3.63) is 65.5 Å². The van der Waals surface area contributed by atoms with E-state index in [0.717, 1.165) is 6.07 Å². The van der Waals surface area contributed by atoms with Crippen molar-refractivity contribution in [2.75, 3.05) is 12.3 Å². The number of hydrogen-bond donors (Lipinski definition) is 4. The van der Waals surface area contributed by atoms with E-state index in [1.807, 2.05) is 0 Å². The van der Waals surface area contributed by atoms with Gasteiger partial charge < -0.3 is 21.3 Å². The highest BCUT2D eigenvalue weighted by molar-refractivity contribution is 5.95. The first-order valence-electron chi connectivity index (χ1n) is 6.72. The maximum Gasteiger partial charge on any atom is 0.251 e. The average molecular weight is 304 g/mol. The lowest BCUT2D eigenvalue weighted by Crippen LogP contribution is -2.42. The number of aliphatic hydroxyl groups is 2. The minimum atomic E-state index is -1.06. The van der Waals surface area contributed by atoms with Gasteiger partial charge in [0.1, 0.15) is 11.9 Å². The van der Waals surface area contributed by atoms with Crippen LogP contribution in [0.2, 0.25) is 0 Å². The number of amides is 1. The molecule has 0 heterocycles. The Morgan fingerprint density at radius 3 is 2.50 bits per heavy atom. The molecule has 116 valence electrons. The minimum absolute atomic E-state index is 0.142. The van der Waals surface area contributed by atoms with E-state index in [4.69, 9.17) is 5.73 Å². The monoisotopic (exact) mass is 304 g/mol. The van der Waals surface area contributed by atoms with Crippen LogP contribution in [0.25, 0.3) is 0 Å². The van der Waals surface area contributed by atoms with Gasteiger partial charge in [-0.05, 0) is 23.8 Å². The zero-order chi connectivity index (χ0) is 16.1. The Labute approximate surface area is 127 Å². The van der Waals surface area contributed by atoms with Crippen molar-refractivity contribution in [1.29, 1.82) is 0 Å². The fourth-order valence-corrected chi connectivity index (χ4v) is 2.04. The van der Waals surface area contributed by atoms with Gasteiger partial charge in [0.05, 0.1) is 18.3 Å². The standard InChI is InChI=1S/C16H17FN2O3/c17-12-7-6-11(8-13(12)18)16(22)19-14(9-20)15(21)10-4-2-1-3-5-10/h1-8,14-15,20-21H,9,18H2,(H,19,22)/t14-,15-/m1/s1. The van der Waals surface area contributed by atoms with E-state index in [1.165, 1.54) is 12.1 Å². The summed E-state index contributed by atoms with van der Waals surface area (Å²) >= 11 is 0. The first-order valence-corrected chi connectivity index (χ1v) is 6.72. The summed E-state index contributed by atoms with van der Waals surface area (Å²) in [5.74, 6) is -1.17. The molecule has 0 radical (unpaired) electrons. The highest BCUT2D eigenvalue weighted by atomic mass is 19.1. The molecular formula is C16H17FN2O3.